The second-order valence-electron chi connectivity index (χ2n) is 7.67. The van der Waals surface area contributed by atoms with Crippen molar-refractivity contribution in [2.75, 3.05) is 0 Å². The average Bonchev–Trinajstić information content (AvgIpc) is 2.44. The molecule has 2 N–H and O–H groups in total. The van der Waals surface area contributed by atoms with Crippen LogP contribution in [0.3, 0.4) is 0 Å². The summed E-state index contributed by atoms with van der Waals surface area (Å²) in [4.78, 5) is 23.3. The summed E-state index contributed by atoms with van der Waals surface area (Å²) in [6.45, 7) is 10.8. The van der Waals surface area contributed by atoms with E-state index in [2.05, 4.69) is 13.8 Å². The topological polar surface area (TPSA) is 74.6 Å². The molecular formula is C19H28O4. The average molecular weight is 320 g/mol. The van der Waals surface area contributed by atoms with Crippen LogP contribution in [0.15, 0.2) is 18.2 Å². The largest absolute Gasteiger partial charge is 0.481 e. The fraction of sp³-hybridized carbons (Fsp3) is 0.579. The molecule has 0 aliphatic rings. The smallest absolute Gasteiger partial charge is 0.313 e. The number of aliphatic carboxylic acids is 2. The number of carbonyl (C=O) groups is 2. The Hall–Kier alpha value is -1.84. The molecule has 0 fully saturated rings. The Morgan fingerprint density at radius 3 is 1.87 bits per heavy atom. The van der Waals surface area contributed by atoms with Gasteiger partial charge in [0, 0.05) is 0 Å². The molecule has 0 unspecified atom stereocenters. The molecule has 4 heteroatoms. The van der Waals surface area contributed by atoms with Crippen molar-refractivity contribution in [2.24, 2.45) is 5.92 Å². The van der Waals surface area contributed by atoms with Crippen LogP contribution in [0.2, 0.25) is 0 Å². The van der Waals surface area contributed by atoms with Gasteiger partial charge in [-0.15, -0.1) is 0 Å². The van der Waals surface area contributed by atoms with Crippen molar-refractivity contribution in [3.05, 3.63) is 34.9 Å². The van der Waals surface area contributed by atoms with E-state index in [1.165, 1.54) is 0 Å². The third-order valence-corrected chi connectivity index (χ3v) is 4.51. The maximum Gasteiger partial charge on any atom is 0.313 e. The Kier molecular flexibility index (Phi) is 5.62. The van der Waals surface area contributed by atoms with Gasteiger partial charge in [-0.3, -0.25) is 9.59 Å². The van der Waals surface area contributed by atoms with Gasteiger partial charge in [0.05, 0.1) is 10.8 Å². The van der Waals surface area contributed by atoms with Crippen molar-refractivity contribution >= 4 is 11.9 Å². The molecule has 0 aliphatic carbocycles. The molecule has 1 aromatic carbocycles. The monoisotopic (exact) mass is 320 g/mol. The number of benzene rings is 1. The number of hydrogen-bond donors (Lipinski definition) is 2. The molecule has 0 aliphatic heterocycles. The molecule has 0 saturated carbocycles. The molecule has 0 saturated heterocycles. The van der Waals surface area contributed by atoms with Gasteiger partial charge in [0.2, 0.25) is 0 Å². The van der Waals surface area contributed by atoms with Gasteiger partial charge >= 0.3 is 11.9 Å². The van der Waals surface area contributed by atoms with E-state index in [0.29, 0.717) is 17.0 Å². The van der Waals surface area contributed by atoms with Gasteiger partial charge in [0.1, 0.15) is 0 Å². The summed E-state index contributed by atoms with van der Waals surface area (Å²) in [5.41, 5.74) is -0.0912. The molecule has 4 nitrogen and oxygen atoms in total. The fourth-order valence-corrected chi connectivity index (χ4v) is 2.49. The summed E-state index contributed by atoms with van der Waals surface area (Å²) in [5.74, 6) is -1.36. The van der Waals surface area contributed by atoms with Gasteiger partial charge in [-0.05, 0) is 63.1 Å². The highest BCUT2D eigenvalue weighted by atomic mass is 16.4. The molecule has 0 spiro atoms. The standard InChI is InChI=1S/C19H28O4/c1-12(2)7-8-13-9-10-14(18(3,4)16(20)21)15(11-13)19(5,6)17(22)23/h9-12H,7-8H2,1-6H3,(H,20,21)(H,22,23). The van der Waals surface area contributed by atoms with Crippen LogP contribution >= 0.6 is 0 Å². The molecule has 0 bridgehead atoms. The normalized spacial score (nSPS) is 12.5. The maximum absolute atomic E-state index is 11.7. The number of aryl methyl sites for hydroxylation is 1. The number of carboxylic acids is 2. The van der Waals surface area contributed by atoms with Crippen LogP contribution in [-0.2, 0) is 26.8 Å². The van der Waals surface area contributed by atoms with Crippen LogP contribution in [0.1, 0.15) is 64.7 Å². The van der Waals surface area contributed by atoms with E-state index in [0.717, 1.165) is 18.4 Å². The van der Waals surface area contributed by atoms with Crippen LogP contribution in [0.25, 0.3) is 0 Å². The van der Waals surface area contributed by atoms with Crippen molar-refractivity contribution in [3.63, 3.8) is 0 Å². The lowest BCUT2D eigenvalue weighted by atomic mass is 9.72. The van der Waals surface area contributed by atoms with E-state index in [9.17, 15) is 19.8 Å². The molecular weight excluding hydrogens is 292 g/mol. The third-order valence-electron chi connectivity index (χ3n) is 4.51. The molecule has 0 atom stereocenters. The van der Waals surface area contributed by atoms with Crippen LogP contribution in [0, 0.1) is 5.92 Å². The Balaban J connectivity index is 3.47. The first kappa shape index (κ1) is 19.2. The van der Waals surface area contributed by atoms with Crippen LogP contribution in [-0.4, -0.2) is 22.2 Å². The highest BCUT2D eigenvalue weighted by molar-refractivity contribution is 5.85. The number of rotatable bonds is 7. The minimum absolute atomic E-state index is 0.557. The number of hydrogen-bond acceptors (Lipinski definition) is 2. The zero-order valence-electron chi connectivity index (χ0n) is 14.9. The second-order valence-corrected chi connectivity index (χ2v) is 7.67. The summed E-state index contributed by atoms with van der Waals surface area (Å²) in [6, 6.07) is 5.57. The minimum Gasteiger partial charge on any atom is -0.481 e. The van der Waals surface area contributed by atoms with E-state index < -0.39 is 22.8 Å². The number of carboxylic acid groups (broad SMARTS) is 2. The highest BCUT2D eigenvalue weighted by Crippen LogP contribution is 2.36. The Morgan fingerprint density at radius 2 is 1.43 bits per heavy atom. The molecule has 0 amide bonds. The lowest BCUT2D eigenvalue weighted by Crippen LogP contribution is -2.36. The predicted octanol–water partition coefficient (Wildman–Crippen LogP) is 4.00. The summed E-state index contributed by atoms with van der Waals surface area (Å²) in [5, 5.41) is 19.1. The molecule has 0 heterocycles. The highest BCUT2D eigenvalue weighted by Gasteiger charge is 2.39. The zero-order chi connectivity index (χ0) is 18.0. The van der Waals surface area contributed by atoms with Crippen molar-refractivity contribution in [2.45, 2.75) is 65.2 Å². The van der Waals surface area contributed by atoms with Gasteiger partial charge in [-0.25, -0.2) is 0 Å². The van der Waals surface area contributed by atoms with E-state index >= 15 is 0 Å². The first-order chi connectivity index (χ1) is 10.4. The summed E-state index contributed by atoms with van der Waals surface area (Å²) in [6.07, 6.45) is 1.86. The first-order valence-electron chi connectivity index (χ1n) is 8.01. The lowest BCUT2D eigenvalue weighted by Gasteiger charge is -2.30. The molecule has 0 radical (unpaired) electrons. The minimum atomic E-state index is -1.14. The Bertz CT molecular complexity index is 597. The van der Waals surface area contributed by atoms with Crippen LogP contribution in [0.5, 0.6) is 0 Å². The van der Waals surface area contributed by atoms with E-state index in [1.54, 1.807) is 33.8 Å². The first-order valence-corrected chi connectivity index (χ1v) is 8.01. The van der Waals surface area contributed by atoms with Gasteiger partial charge in [-0.2, -0.15) is 0 Å². The van der Waals surface area contributed by atoms with Crippen molar-refractivity contribution in [1.29, 1.82) is 0 Å². The summed E-state index contributed by atoms with van der Waals surface area (Å²) in [7, 11) is 0. The Morgan fingerprint density at radius 1 is 0.957 bits per heavy atom. The van der Waals surface area contributed by atoms with Gasteiger partial charge in [0.15, 0.2) is 0 Å². The van der Waals surface area contributed by atoms with E-state index in [-0.39, 0.29) is 0 Å². The molecule has 1 rings (SSSR count). The van der Waals surface area contributed by atoms with E-state index in [1.807, 2.05) is 12.1 Å². The lowest BCUT2D eigenvalue weighted by molar-refractivity contribution is -0.144. The molecule has 0 aromatic heterocycles. The Labute approximate surface area is 138 Å². The summed E-state index contributed by atoms with van der Waals surface area (Å²) < 4.78 is 0. The van der Waals surface area contributed by atoms with Gasteiger partial charge in [0.25, 0.3) is 0 Å². The predicted molar refractivity (Wildman–Crippen MR) is 90.9 cm³/mol. The quantitative estimate of drug-likeness (QED) is 0.796. The van der Waals surface area contributed by atoms with E-state index in [4.69, 9.17) is 0 Å². The van der Waals surface area contributed by atoms with Crippen molar-refractivity contribution in [1.82, 2.24) is 0 Å². The second kappa shape index (κ2) is 6.73. The molecule has 1 aromatic rings. The van der Waals surface area contributed by atoms with Crippen molar-refractivity contribution in [3.8, 4) is 0 Å². The van der Waals surface area contributed by atoms with Gasteiger partial charge in [-0.1, -0.05) is 32.0 Å². The zero-order valence-corrected chi connectivity index (χ0v) is 14.9. The van der Waals surface area contributed by atoms with Crippen LogP contribution < -0.4 is 0 Å². The third kappa shape index (κ3) is 4.12. The summed E-state index contributed by atoms with van der Waals surface area (Å²) >= 11 is 0. The molecule has 23 heavy (non-hydrogen) atoms. The van der Waals surface area contributed by atoms with Crippen molar-refractivity contribution < 1.29 is 19.8 Å². The van der Waals surface area contributed by atoms with Gasteiger partial charge < -0.3 is 10.2 Å². The SMILES string of the molecule is CC(C)CCc1ccc(C(C)(C)C(=O)O)c(C(C)(C)C(=O)O)c1. The molecule has 128 valence electrons. The fourth-order valence-electron chi connectivity index (χ4n) is 2.49. The maximum atomic E-state index is 11.7. The van der Waals surface area contributed by atoms with Crippen LogP contribution in [0.4, 0.5) is 0 Å².